The number of nitrogens with zero attached hydrogens (tertiary/aromatic N) is 2. The minimum atomic E-state index is -0.276. The highest BCUT2D eigenvalue weighted by molar-refractivity contribution is 9.10. The molecule has 0 saturated heterocycles. The number of hydrogen-bond donors (Lipinski definition) is 2. The van der Waals surface area contributed by atoms with E-state index in [-0.39, 0.29) is 5.91 Å². The summed E-state index contributed by atoms with van der Waals surface area (Å²) >= 11 is 3.46. The van der Waals surface area contributed by atoms with Gasteiger partial charge in [-0.1, -0.05) is 30.3 Å². The van der Waals surface area contributed by atoms with Crippen LogP contribution in [0.25, 0.3) is 0 Å². The summed E-state index contributed by atoms with van der Waals surface area (Å²) in [4.78, 5) is 20.8. The van der Waals surface area contributed by atoms with E-state index in [4.69, 9.17) is 0 Å². The third-order valence-corrected chi connectivity index (χ3v) is 4.09. The van der Waals surface area contributed by atoms with Crippen LogP contribution in [0.15, 0.2) is 65.3 Å². The van der Waals surface area contributed by atoms with Gasteiger partial charge in [-0.3, -0.25) is 4.79 Å². The van der Waals surface area contributed by atoms with Crippen molar-refractivity contribution in [2.75, 3.05) is 10.6 Å². The van der Waals surface area contributed by atoms with Crippen molar-refractivity contribution in [2.45, 2.75) is 6.92 Å². The van der Waals surface area contributed by atoms with Crippen molar-refractivity contribution in [2.24, 2.45) is 0 Å². The van der Waals surface area contributed by atoms with E-state index in [0.717, 1.165) is 21.4 Å². The second-order valence-corrected chi connectivity index (χ2v) is 5.99. The lowest BCUT2D eigenvalue weighted by molar-refractivity contribution is 0.102. The molecule has 0 saturated carbocycles. The van der Waals surface area contributed by atoms with Crippen molar-refractivity contribution in [1.29, 1.82) is 0 Å². The zero-order chi connectivity index (χ0) is 16.9. The maximum Gasteiger partial charge on any atom is 0.274 e. The standard InChI is InChI=1S/C18H15BrN4O/c1-12-6-2-4-8-14(12)21-17(24)16-10-11-20-18(23-16)22-15-9-5-3-7-13(15)19/h2-11H,1H3,(H,21,24)(H,20,22,23). The van der Waals surface area contributed by atoms with Crippen molar-refractivity contribution in [3.8, 4) is 0 Å². The smallest absolute Gasteiger partial charge is 0.274 e. The molecule has 5 nitrogen and oxygen atoms in total. The van der Waals surface area contributed by atoms with Gasteiger partial charge in [0.25, 0.3) is 5.91 Å². The van der Waals surface area contributed by atoms with E-state index < -0.39 is 0 Å². The number of rotatable bonds is 4. The molecule has 0 atom stereocenters. The molecule has 0 spiro atoms. The first-order chi connectivity index (χ1) is 11.6. The van der Waals surface area contributed by atoms with Crippen LogP contribution in [0.4, 0.5) is 17.3 Å². The van der Waals surface area contributed by atoms with E-state index in [9.17, 15) is 4.79 Å². The number of carbonyl (C=O) groups excluding carboxylic acids is 1. The third kappa shape index (κ3) is 3.78. The summed E-state index contributed by atoms with van der Waals surface area (Å²) in [5, 5.41) is 5.96. The monoisotopic (exact) mass is 382 g/mol. The number of carbonyl (C=O) groups is 1. The summed E-state index contributed by atoms with van der Waals surface area (Å²) in [7, 11) is 0. The number of aromatic nitrogens is 2. The van der Waals surface area contributed by atoms with E-state index >= 15 is 0 Å². The molecule has 1 amide bonds. The number of aryl methyl sites for hydroxylation is 1. The fourth-order valence-electron chi connectivity index (χ4n) is 2.13. The molecule has 120 valence electrons. The summed E-state index contributed by atoms with van der Waals surface area (Å²) in [5.74, 6) is 0.0845. The van der Waals surface area contributed by atoms with Crippen molar-refractivity contribution >= 4 is 39.2 Å². The predicted octanol–water partition coefficient (Wildman–Crippen LogP) is 4.54. The summed E-state index contributed by atoms with van der Waals surface area (Å²) in [6, 6.07) is 16.8. The lowest BCUT2D eigenvalue weighted by Gasteiger charge is -2.09. The SMILES string of the molecule is Cc1ccccc1NC(=O)c1ccnc(Nc2ccccc2Br)n1. The molecule has 3 aromatic rings. The minimum absolute atomic E-state index is 0.276. The van der Waals surface area contributed by atoms with Crippen LogP contribution in [0.2, 0.25) is 0 Å². The van der Waals surface area contributed by atoms with Gasteiger partial charge in [0.2, 0.25) is 5.95 Å². The minimum Gasteiger partial charge on any atom is -0.323 e. The van der Waals surface area contributed by atoms with Crippen molar-refractivity contribution in [3.05, 3.63) is 76.5 Å². The number of para-hydroxylation sites is 2. The average Bonchev–Trinajstić information content (AvgIpc) is 2.59. The first-order valence-electron chi connectivity index (χ1n) is 7.35. The van der Waals surface area contributed by atoms with Crippen molar-refractivity contribution in [3.63, 3.8) is 0 Å². The number of anilines is 3. The number of nitrogens with one attached hydrogen (secondary N) is 2. The molecule has 0 aliphatic heterocycles. The van der Waals surface area contributed by atoms with Crippen LogP contribution >= 0.6 is 15.9 Å². The average molecular weight is 383 g/mol. The summed E-state index contributed by atoms with van der Waals surface area (Å²) < 4.78 is 0.892. The molecule has 2 N–H and O–H groups in total. The molecule has 6 heteroatoms. The van der Waals surface area contributed by atoms with E-state index in [1.165, 1.54) is 0 Å². The highest BCUT2D eigenvalue weighted by Gasteiger charge is 2.11. The number of amides is 1. The van der Waals surface area contributed by atoms with Gasteiger partial charge in [-0.15, -0.1) is 0 Å². The second kappa shape index (κ2) is 7.23. The first kappa shape index (κ1) is 16.1. The van der Waals surface area contributed by atoms with Crippen LogP contribution in [0.5, 0.6) is 0 Å². The molecule has 0 bridgehead atoms. The van der Waals surface area contributed by atoms with Gasteiger partial charge in [0.15, 0.2) is 0 Å². The largest absolute Gasteiger partial charge is 0.323 e. The molecule has 3 rings (SSSR count). The highest BCUT2D eigenvalue weighted by atomic mass is 79.9. The Balaban J connectivity index is 1.79. The van der Waals surface area contributed by atoms with Crippen LogP contribution in [0.1, 0.15) is 16.1 Å². The van der Waals surface area contributed by atoms with Gasteiger partial charge < -0.3 is 10.6 Å². The molecule has 0 fully saturated rings. The van der Waals surface area contributed by atoms with Crippen LogP contribution in [-0.4, -0.2) is 15.9 Å². The van der Waals surface area contributed by atoms with Gasteiger partial charge in [-0.05, 0) is 52.7 Å². The van der Waals surface area contributed by atoms with Gasteiger partial charge in [-0.25, -0.2) is 9.97 Å². The molecule has 0 radical (unpaired) electrons. The Labute approximate surface area is 148 Å². The summed E-state index contributed by atoms with van der Waals surface area (Å²) in [5.41, 5.74) is 2.88. The fraction of sp³-hybridized carbons (Fsp3) is 0.0556. The van der Waals surface area contributed by atoms with Gasteiger partial charge in [0.05, 0.1) is 5.69 Å². The third-order valence-electron chi connectivity index (χ3n) is 3.40. The molecule has 0 unspecified atom stereocenters. The number of hydrogen-bond acceptors (Lipinski definition) is 4. The van der Waals surface area contributed by atoms with Crippen molar-refractivity contribution < 1.29 is 4.79 Å². The van der Waals surface area contributed by atoms with Crippen LogP contribution in [-0.2, 0) is 0 Å². The molecule has 0 aliphatic carbocycles. The van der Waals surface area contributed by atoms with Gasteiger partial charge >= 0.3 is 0 Å². The summed E-state index contributed by atoms with van der Waals surface area (Å²) in [6.07, 6.45) is 1.55. The van der Waals surface area contributed by atoms with Gasteiger partial charge in [0, 0.05) is 16.4 Å². The molecule has 1 heterocycles. The van der Waals surface area contributed by atoms with Crippen LogP contribution in [0.3, 0.4) is 0 Å². The fourth-order valence-corrected chi connectivity index (χ4v) is 2.51. The Morgan fingerprint density at radius 1 is 1.00 bits per heavy atom. The highest BCUT2D eigenvalue weighted by Crippen LogP contribution is 2.23. The molecule has 1 aromatic heterocycles. The Bertz CT molecular complexity index is 882. The van der Waals surface area contributed by atoms with E-state index in [1.807, 2.05) is 55.5 Å². The van der Waals surface area contributed by atoms with Gasteiger partial charge in [-0.2, -0.15) is 0 Å². The molecule has 2 aromatic carbocycles. The Kier molecular flexibility index (Phi) is 4.86. The van der Waals surface area contributed by atoms with E-state index in [2.05, 4.69) is 36.5 Å². The molecule has 24 heavy (non-hydrogen) atoms. The Morgan fingerprint density at radius 3 is 2.46 bits per heavy atom. The molecular formula is C18H15BrN4O. The first-order valence-corrected chi connectivity index (χ1v) is 8.14. The normalized spacial score (nSPS) is 10.2. The Morgan fingerprint density at radius 2 is 1.71 bits per heavy atom. The topological polar surface area (TPSA) is 66.9 Å². The molecule has 0 aliphatic rings. The van der Waals surface area contributed by atoms with E-state index in [1.54, 1.807) is 12.3 Å². The molecular weight excluding hydrogens is 368 g/mol. The Hall–Kier alpha value is -2.73. The van der Waals surface area contributed by atoms with Crippen molar-refractivity contribution in [1.82, 2.24) is 9.97 Å². The second-order valence-electron chi connectivity index (χ2n) is 5.14. The predicted molar refractivity (Wildman–Crippen MR) is 98.6 cm³/mol. The van der Waals surface area contributed by atoms with E-state index in [0.29, 0.717) is 11.6 Å². The lowest BCUT2D eigenvalue weighted by atomic mass is 10.2. The quantitative estimate of drug-likeness (QED) is 0.694. The zero-order valence-corrected chi connectivity index (χ0v) is 14.5. The van der Waals surface area contributed by atoms with Gasteiger partial charge in [0.1, 0.15) is 5.69 Å². The number of benzene rings is 2. The van der Waals surface area contributed by atoms with Crippen LogP contribution < -0.4 is 10.6 Å². The van der Waals surface area contributed by atoms with Crippen LogP contribution in [0, 0.1) is 6.92 Å². The summed E-state index contributed by atoms with van der Waals surface area (Å²) in [6.45, 7) is 1.94. The zero-order valence-electron chi connectivity index (χ0n) is 13.0. The maximum atomic E-state index is 12.4. The maximum absolute atomic E-state index is 12.4. The lowest BCUT2D eigenvalue weighted by Crippen LogP contribution is -2.15. The number of halogens is 1.